The van der Waals surface area contributed by atoms with Crippen LogP contribution in [0.4, 0.5) is 5.69 Å². The van der Waals surface area contributed by atoms with E-state index in [0.29, 0.717) is 11.3 Å². The summed E-state index contributed by atoms with van der Waals surface area (Å²) in [5, 5.41) is 7.02. The summed E-state index contributed by atoms with van der Waals surface area (Å²) in [5.41, 5.74) is 7.93. The predicted octanol–water partition coefficient (Wildman–Crippen LogP) is 1.96. The predicted molar refractivity (Wildman–Crippen MR) is 85.3 cm³/mol. The fourth-order valence-electron chi connectivity index (χ4n) is 1.93. The lowest BCUT2D eigenvalue weighted by Crippen LogP contribution is -2.11. The molecular formula is C16H18N4O2. The summed E-state index contributed by atoms with van der Waals surface area (Å²) in [6, 6.07) is 6.40. The number of aromatic nitrogens is 2. The molecule has 6 nitrogen and oxygen atoms in total. The smallest absolute Gasteiger partial charge is 0.248 e. The number of rotatable bonds is 5. The van der Waals surface area contributed by atoms with E-state index in [1.807, 2.05) is 24.7 Å². The minimum absolute atomic E-state index is 0.254. The van der Waals surface area contributed by atoms with Crippen molar-refractivity contribution in [1.82, 2.24) is 9.78 Å². The number of aryl methyl sites for hydroxylation is 2. The number of hydrogen-bond acceptors (Lipinski definition) is 3. The topological polar surface area (TPSA) is 90.0 Å². The van der Waals surface area contributed by atoms with Crippen molar-refractivity contribution in [3.8, 4) is 0 Å². The zero-order valence-electron chi connectivity index (χ0n) is 12.5. The Balaban J connectivity index is 2.01. The van der Waals surface area contributed by atoms with E-state index in [9.17, 15) is 9.59 Å². The maximum Gasteiger partial charge on any atom is 0.248 e. The molecule has 2 rings (SSSR count). The van der Waals surface area contributed by atoms with E-state index in [1.54, 1.807) is 30.3 Å². The lowest BCUT2D eigenvalue weighted by Gasteiger charge is -2.02. The van der Waals surface area contributed by atoms with Gasteiger partial charge in [0.15, 0.2) is 0 Å². The standard InChI is InChI=1S/C16H18N4O2/c1-3-20-10-13(11(2)19-20)6-9-15(21)18-14-7-4-12(5-8-14)16(17)22/h4-10H,3H2,1-2H3,(H2,17,22)(H,18,21)/b9-6-. The summed E-state index contributed by atoms with van der Waals surface area (Å²) in [4.78, 5) is 22.8. The third kappa shape index (κ3) is 3.82. The van der Waals surface area contributed by atoms with Gasteiger partial charge in [-0.3, -0.25) is 14.3 Å². The quantitative estimate of drug-likeness (QED) is 0.827. The monoisotopic (exact) mass is 298 g/mol. The van der Waals surface area contributed by atoms with Gasteiger partial charge >= 0.3 is 0 Å². The Morgan fingerprint density at radius 3 is 2.55 bits per heavy atom. The molecule has 1 heterocycles. The van der Waals surface area contributed by atoms with Crippen LogP contribution < -0.4 is 11.1 Å². The molecule has 6 heteroatoms. The second-order valence-electron chi connectivity index (χ2n) is 4.79. The molecule has 0 aliphatic carbocycles. The summed E-state index contributed by atoms with van der Waals surface area (Å²) >= 11 is 0. The second-order valence-corrected chi connectivity index (χ2v) is 4.79. The van der Waals surface area contributed by atoms with Crippen LogP contribution in [0.2, 0.25) is 0 Å². The Morgan fingerprint density at radius 1 is 1.32 bits per heavy atom. The maximum absolute atomic E-state index is 11.9. The highest BCUT2D eigenvalue weighted by molar-refractivity contribution is 6.02. The lowest BCUT2D eigenvalue weighted by atomic mass is 10.2. The number of benzene rings is 1. The number of nitrogens with one attached hydrogen (secondary N) is 1. The fraction of sp³-hybridized carbons (Fsp3) is 0.188. The van der Waals surface area contributed by atoms with Crippen LogP contribution in [-0.2, 0) is 11.3 Å². The molecule has 0 aliphatic heterocycles. The highest BCUT2D eigenvalue weighted by Gasteiger charge is 2.03. The number of carbonyl (C=O) groups excluding carboxylic acids is 2. The largest absolute Gasteiger partial charge is 0.366 e. The van der Waals surface area contributed by atoms with Gasteiger partial charge in [0.25, 0.3) is 0 Å². The molecule has 1 aromatic heterocycles. The second kappa shape index (κ2) is 6.71. The molecule has 0 bridgehead atoms. The number of nitrogens with two attached hydrogens (primary N) is 1. The van der Waals surface area contributed by atoms with Gasteiger partial charge in [0.1, 0.15) is 0 Å². The molecule has 0 saturated carbocycles. The molecule has 0 aliphatic rings. The maximum atomic E-state index is 11.9. The summed E-state index contributed by atoms with van der Waals surface area (Å²) < 4.78 is 1.81. The lowest BCUT2D eigenvalue weighted by molar-refractivity contribution is -0.111. The van der Waals surface area contributed by atoms with Gasteiger partial charge in [-0.25, -0.2) is 0 Å². The van der Waals surface area contributed by atoms with Crippen LogP contribution in [-0.4, -0.2) is 21.6 Å². The van der Waals surface area contributed by atoms with Gasteiger partial charge in [0.2, 0.25) is 11.8 Å². The van der Waals surface area contributed by atoms with Crippen LogP contribution in [0.15, 0.2) is 36.5 Å². The van der Waals surface area contributed by atoms with E-state index >= 15 is 0 Å². The summed E-state index contributed by atoms with van der Waals surface area (Å²) in [6.45, 7) is 4.68. The first-order valence-corrected chi connectivity index (χ1v) is 6.92. The SMILES string of the molecule is CCn1cc(/C=C\C(=O)Nc2ccc(C(N)=O)cc2)c(C)n1. The average Bonchev–Trinajstić information content (AvgIpc) is 2.86. The Labute approximate surface area is 128 Å². The van der Waals surface area contributed by atoms with E-state index in [-0.39, 0.29) is 5.91 Å². The average molecular weight is 298 g/mol. The van der Waals surface area contributed by atoms with Gasteiger partial charge in [-0.1, -0.05) is 0 Å². The van der Waals surface area contributed by atoms with Crippen LogP contribution in [0.1, 0.15) is 28.5 Å². The Morgan fingerprint density at radius 2 is 2.00 bits per heavy atom. The number of anilines is 1. The molecule has 0 saturated heterocycles. The van der Waals surface area contributed by atoms with Crippen molar-refractivity contribution in [3.05, 3.63) is 53.4 Å². The van der Waals surface area contributed by atoms with Crippen molar-refractivity contribution in [2.24, 2.45) is 5.73 Å². The molecule has 0 fully saturated rings. The van der Waals surface area contributed by atoms with Gasteiger partial charge in [-0.05, 0) is 44.2 Å². The van der Waals surface area contributed by atoms with E-state index in [1.165, 1.54) is 6.08 Å². The number of nitrogens with zero attached hydrogens (tertiary/aromatic N) is 2. The van der Waals surface area contributed by atoms with Crippen LogP contribution in [0.5, 0.6) is 0 Å². The summed E-state index contributed by atoms with van der Waals surface area (Å²) in [6.07, 6.45) is 5.06. The van der Waals surface area contributed by atoms with Gasteiger partial charge < -0.3 is 11.1 Å². The molecule has 1 aromatic carbocycles. The molecule has 2 aromatic rings. The first-order valence-electron chi connectivity index (χ1n) is 6.92. The van der Waals surface area contributed by atoms with E-state index in [2.05, 4.69) is 10.4 Å². The molecule has 3 N–H and O–H groups in total. The molecule has 2 amide bonds. The van der Waals surface area contributed by atoms with Gasteiger partial charge in [0, 0.05) is 35.6 Å². The zero-order chi connectivity index (χ0) is 16.1. The molecule has 22 heavy (non-hydrogen) atoms. The number of primary amides is 1. The normalized spacial score (nSPS) is 10.8. The highest BCUT2D eigenvalue weighted by Crippen LogP contribution is 2.11. The van der Waals surface area contributed by atoms with Crippen LogP contribution in [0.3, 0.4) is 0 Å². The van der Waals surface area contributed by atoms with Crippen molar-refractivity contribution in [2.45, 2.75) is 20.4 Å². The third-order valence-corrected chi connectivity index (χ3v) is 3.16. The zero-order valence-corrected chi connectivity index (χ0v) is 12.5. The molecular weight excluding hydrogens is 280 g/mol. The molecule has 0 unspecified atom stereocenters. The fourth-order valence-corrected chi connectivity index (χ4v) is 1.93. The number of amides is 2. The van der Waals surface area contributed by atoms with E-state index in [0.717, 1.165) is 17.8 Å². The Hall–Kier alpha value is -2.89. The highest BCUT2D eigenvalue weighted by atomic mass is 16.1. The van der Waals surface area contributed by atoms with Gasteiger partial charge in [0.05, 0.1) is 5.69 Å². The van der Waals surface area contributed by atoms with Crippen LogP contribution in [0, 0.1) is 6.92 Å². The van der Waals surface area contributed by atoms with E-state index < -0.39 is 5.91 Å². The van der Waals surface area contributed by atoms with Crippen molar-refractivity contribution in [1.29, 1.82) is 0 Å². The van der Waals surface area contributed by atoms with Crippen LogP contribution in [0.25, 0.3) is 6.08 Å². The number of hydrogen-bond donors (Lipinski definition) is 2. The molecule has 0 atom stereocenters. The Kier molecular flexibility index (Phi) is 4.73. The van der Waals surface area contributed by atoms with Crippen molar-refractivity contribution in [2.75, 3.05) is 5.32 Å². The summed E-state index contributed by atoms with van der Waals surface area (Å²) in [7, 11) is 0. The van der Waals surface area contributed by atoms with Crippen molar-refractivity contribution >= 4 is 23.6 Å². The minimum atomic E-state index is -0.499. The molecule has 0 spiro atoms. The Bertz CT molecular complexity index is 714. The van der Waals surface area contributed by atoms with Gasteiger partial charge in [-0.2, -0.15) is 5.10 Å². The summed E-state index contributed by atoms with van der Waals surface area (Å²) in [5.74, 6) is -0.753. The van der Waals surface area contributed by atoms with Gasteiger partial charge in [-0.15, -0.1) is 0 Å². The van der Waals surface area contributed by atoms with Crippen molar-refractivity contribution in [3.63, 3.8) is 0 Å². The van der Waals surface area contributed by atoms with Crippen molar-refractivity contribution < 1.29 is 9.59 Å². The molecule has 114 valence electrons. The van der Waals surface area contributed by atoms with E-state index in [4.69, 9.17) is 5.73 Å². The first kappa shape index (κ1) is 15.5. The third-order valence-electron chi connectivity index (χ3n) is 3.16. The minimum Gasteiger partial charge on any atom is -0.366 e. The molecule has 0 radical (unpaired) electrons. The van der Waals surface area contributed by atoms with Crippen LogP contribution >= 0.6 is 0 Å². The number of carbonyl (C=O) groups is 2. The first-order chi connectivity index (χ1) is 10.5.